The molecule has 0 fully saturated rings. The van der Waals surface area contributed by atoms with Gasteiger partial charge in [0.05, 0.1) is 0 Å². The summed E-state index contributed by atoms with van der Waals surface area (Å²) in [5.74, 6) is 0.651. The lowest BCUT2D eigenvalue weighted by Gasteiger charge is -2.25. The van der Waals surface area contributed by atoms with Crippen molar-refractivity contribution in [1.82, 2.24) is 9.97 Å². The van der Waals surface area contributed by atoms with E-state index >= 15 is 0 Å². The molecule has 0 atom stereocenters. The lowest BCUT2D eigenvalue weighted by atomic mass is 10.1. The maximum absolute atomic E-state index is 8.73. The van der Waals surface area contributed by atoms with Crippen LogP contribution in [0.25, 0.3) is 0 Å². The molecule has 4 heteroatoms. The molecule has 0 aliphatic carbocycles. The molecule has 0 radical (unpaired) electrons. The van der Waals surface area contributed by atoms with Gasteiger partial charge in [-0.05, 0) is 19.4 Å². The Balaban J connectivity index is 2.20. The molecule has 1 aliphatic heterocycles. The molecule has 0 spiro atoms. The van der Waals surface area contributed by atoms with E-state index in [0.29, 0.717) is 11.6 Å². The summed E-state index contributed by atoms with van der Waals surface area (Å²) < 4.78 is 0. The standard InChI is InChI=1S/C11H12N4/c1-9-3-6-15(7-4-9)11-13-5-2-10(8-12)14-11/h2-3,5H,4,6-7H2,1H3. The molecular formula is C11H12N4. The van der Waals surface area contributed by atoms with Crippen LogP contribution in [-0.4, -0.2) is 23.1 Å². The van der Waals surface area contributed by atoms with Gasteiger partial charge >= 0.3 is 0 Å². The molecule has 0 saturated heterocycles. The van der Waals surface area contributed by atoms with Gasteiger partial charge in [0.1, 0.15) is 11.8 Å². The molecule has 0 saturated carbocycles. The summed E-state index contributed by atoms with van der Waals surface area (Å²) in [6.07, 6.45) is 4.85. The van der Waals surface area contributed by atoms with E-state index in [1.165, 1.54) is 5.57 Å². The number of nitrogens with zero attached hydrogens (tertiary/aromatic N) is 4. The van der Waals surface area contributed by atoms with Crippen molar-refractivity contribution in [1.29, 1.82) is 5.26 Å². The minimum absolute atomic E-state index is 0.422. The van der Waals surface area contributed by atoms with E-state index in [-0.39, 0.29) is 0 Å². The third-order valence-electron chi connectivity index (χ3n) is 2.48. The Morgan fingerprint density at radius 1 is 1.53 bits per heavy atom. The van der Waals surface area contributed by atoms with E-state index in [9.17, 15) is 0 Å². The van der Waals surface area contributed by atoms with Crippen LogP contribution in [0.3, 0.4) is 0 Å². The van der Waals surface area contributed by atoms with Gasteiger partial charge in [-0.1, -0.05) is 11.6 Å². The van der Waals surface area contributed by atoms with Gasteiger partial charge in [-0.2, -0.15) is 5.26 Å². The maximum Gasteiger partial charge on any atom is 0.226 e. The Labute approximate surface area is 88.9 Å². The van der Waals surface area contributed by atoms with E-state index in [1.807, 2.05) is 6.07 Å². The van der Waals surface area contributed by atoms with Gasteiger partial charge in [-0.25, -0.2) is 9.97 Å². The number of aromatic nitrogens is 2. The monoisotopic (exact) mass is 200 g/mol. The quantitative estimate of drug-likeness (QED) is 0.645. The van der Waals surface area contributed by atoms with Crippen LogP contribution in [0, 0.1) is 11.3 Å². The Bertz CT molecular complexity index is 430. The van der Waals surface area contributed by atoms with Crippen molar-refractivity contribution >= 4 is 5.95 Å². The number of rotatable bonds is 1. The zero-order valence-corrected chi connectivity index (χ0v) is 8.64. The van der Waals surface area contributed by atoms with Gasteiger partial charge in [0.2, 0.25) is 5.95 Å². The molecule has 1 aromatic heterocycles. The Kier molecular flexibility index (Phi) is 2.64. The van der Waals surface area contributed by atoms with Crippen molar-refractivity contribution in [2.75, 3.05) is 18.0 Å². The van der Waals surface area contributed by atoms with Gasteiger partial charge in [-0.15, -0.1) is 0 Å². The number of anilines is 1. The van der Waals surface area contributed by atoms with E-state index in [0.717, 1.165) is 19.5 Å². The Hall–Kier alpha value is -1.89. The number of hydrogen-bond donors (Lipinski definition) is 0. The van der Waals surface area contributed by atoms with Crippen molar-refractivity contribution in [3.63, 3.8) is 0 Å². The molecule has 0 aromatic carbocycles. The van der Waals surface area contributed by atoms with Crippen LogP contribution in [0.15, 0.2) is 23.9 Å². The van der Waals surface area contributed by atoms with Crippen LogP contribution in [0.4, 0.5) is 5.95 Å². The van der Waals surface area contributed by atoms with Crippen molar-refractivity contribution in [2.45, 2.75) is 13.3 Å². The lowest BCUT2D eigenvalue weighted by molar-refractivity contribution is 0.759. The van der Waals surface area contributed by atoms with Gasteiger partial charge in [-0.3, -0.25) is 0 Å². The fourth-order valence-electron chi connectivity index (χ4n) is 1.52. The van der Waals surface area contributed by atoms with Gasteiger partial charge in [0, 0.05) is 19.3 Å². The molecule has 76 valence electrons. The summed E-state index contributed by atoms with van der Waals surface area (Å²) >= 11 is 0. The first-order valence-corrected chi connectivity index (χ1v) is 4.93. The van der Waals surface area contributed by atoms with Crippen LogP contribution in [0.2, 0.25) is 0 Å². The molecule has 2 heterocycles. The average Bonchev–Trinajstić information content (AvgIpc) is 2.30. The second-order valence-corrected chi connectivity index (χ2v) is 3.60. The predicted molar refractivity (Wildman–Crippen MR) is 57.3 cm³/mol. The molecule has 0 unspecified atom stereocenters. The third-order valence-corrected chi connectivity index (χ3v) is 2.48. The number of nitriles is 1. The summed E-state index contributed by atoms with van der Waals surface area (Å²) in [6, 6.07) is 3.64. The summed E-state index contributed by atoms with van der Waals surface area (Å²) in [5, 5.41) is 8.73. The first-order valence-electron chi connectivity index (χ1n) is 4.93. The fourth-order valence-corrected chi connectivity index (χ4v) is 1.52. The van der Waals surface area contributed by atoms with Gasteiger partial charge in [0.25, 0.3) is 0 Å². The molecule has 0 amide bonds. The second-order valence-electron chi connectivity index (χ2n) is 3.60. The zero-order chi connectivity index (χ0) is 10.7. The average molecular weight is 200 g/mol. The fraction of sp³-hybridized carbons (Fsp3) is 0.364. The first kappa shape index (κ1) is 9.66. The highest BCUT2D eigenvalue weighted by atomic mass is 15.2. The number of hydrogen-bond acceptors (Lipinski definition) is 4. The van der Waals surface area contributed by atoms with Crippen LogP contribution >= 0.6 is 0 Å². The van der Waals surface area contributed by atoms with E-state index in [1.54, 1.807) is 12.3 Å². The summed E-state index contributed by atoms with van der Waals surface area (Å²) in [6.45, 7) is 3.89. The molecule has 4 nitrogen and oxygen atoms in total. The van der Waals surface area contributed by atoms with Crippen LogP contribution in [0.5, 0.6) is 0 Å². The van der Waals surface area contributed by atoms with Crippen LogP contribution in [-0.2, 0) is 0 Å². The molecule has 0 N–H and O–H groups in total. The normalized spacial score (nSPS) is 15.7. The molecule has 1 aliphatic rings. The third kappa shape index (κ3) is 2.13. The highest BCUT2D eigenvalue weighted by molar-refractivity contribution is 5.36. The van der Waals surface area contributed by atoms with Crippen molar-refractivity contribution < 1.29 is 0 Å². The van der Waals surface area contributed by atoms with Crippen LogP contribution in [0.1, 0.15) is 19.0 Å². The van der Waals surface area contributed by atoms with E-state index < -0.39 is 0 Å². The van der Waals surface area contributed by atoms with Crippen molar-refractivity contribution in [3.8, 4) is 6.07 Å². The zero-order valence-electron chi connectivity index (χ0n) is 8.64. The van der Waals surface area contributed by atoms with Gasteiger partial charge < -0.3 is 4.90 Å². The SMILES string of the molecule is CC1=CCN(c2nccc(C#N)n2)CC1. The summed E-state index contributed by atoms with van der Waals surface area (Å²) in [5.41, 5.74) is 1.83. The van der Waals surface area contributed by atoms with Crippen molar-refractivity contribution in [2.24, 2.45) is 0 Å². The molecule has 1 aromatic rings. The topological polar surface area (TPSA) is 52.8 Å². The molecule has 15 heavy (non-hydrogen) atoms. The highest BCUT2D eigenvalue weighted by Gasteiger charge is 2.12. The van der Waals surface area contributed by atoms with Gasteiger partial charge in [0.15, 0.2) is 0 Å². The van der Waals surface area contributed by atoms with E-state index in [2.05, 4.69) is 27.9 Å². The first-order chi connectivity index (χ1) is 7.29. The largest absolute Gasteiger partial charge is 0.337 e. The molecule has 2 rings (SSSR count). The minimum Gasteiger partial charge on any atom is -0.337 e. The second kappa shape index (κ2) is 4.09. The highest BCUT2D eigenvalue weighted by Crippen LogP contribution is 2.14. The van der Waals surface area contributed by atoms with Crippen molar-refractivity contribution in [3.05, 3.63) is 29.6 Å². The predicted octanol–water partition coefficient (Wildman–Crippen LogP) is 1.50. The Morgan fingerprint density at radius 3 is 3.07 bits per heavy atom. The Morgan fingerprint density at radius 2 is 2.40 bits per heavy atom. The summed E-state index contributed by atoms with van der Waals surface area (Å²) in [4.78, 5) is 10.4. The smallest absolute Gasteiger partial charge is 0.226 e. The minimum atomic E-state index is 0.422. The molecular weight excluding hydrogens is 188 g/mol. The maximum atomic E-state index is 8.73. The summed E-state index contributed by atoms with van der Waals surface area (Å²) in [7, 11) is 0. The van der Waals surface area contributed by atoms with E-state index in [4.69, 9.17) is 5.26 Å². The van der Waals surface area contributed by atoms with Crippen LogP contribution < -0.4 is 4.90 Å². The lowest BCUT2D eigenvalue weighted by Crippen LogP contribution is -2.29. The molecule has 0 bridgehead atoms.